The molecule has 0 spiro atoms. The average molecular weight is 423 g/mol. The van der Waals surface area contributed by atoms with Gasteiger partial charge in [-0.15, -0.1) is 10.2 Å². The Morgan fingerprint density at radius 1 is 1.20 bits per heavy atom. The van der Waals surface area contributed by atoms with E-state index in [-0.39, 0.29) is 6.23 Å². The SMILES string of the molecule is CSc1nnc2c(n1)OC(C1CC3C(=CCCC3(C)C)CC1C)Nc1ccccc1-2. The van der Waals surface area contributed by atoms with Gasteiger partial charge in [0.1, 0.15) is 0 Å². The quantitative estimate of drug-likeness (QED) is 0.487. The summed E-state index contributed by atoms with van der Waals surface area (Å²) >= 11 is 1.49. The lowest BCUT2D eigenvalue weighted by atomic mass is 9.59. The minimum absolute atomic E-state index is 0.131. The molecule has 1 aromatic heterocycles. The Balaban J connectivity index is 1.53. The Bertz CT molecular complexity index is 989. The van der Waals surface area contributed by atoms with Crippen LogP contribution in [0.25, 0.3) is 11.3 Å². The Labute approximate surface area is 183 Å². The van der Waals surface area contributed by atoms with Crippen LogP contribution in [0, 0.1) is 23.2 Å². The number of rotatable bonds is 2. The van der Waals surface area contributed by atoms with Crippen molar-refractivity contribution in [2.45, 2.75) is 57.8 Å². The Morgan fingerprint density at radius 3 is 2.87 bits per heavy atom. The van der Waals surface area contributed by atoms with Crippen molar-refractivity contribution in [3.8, 4) is 17.1 Å². The van der Waals surface area contributed by atoms with Gasteiger partial charge in [0.25, 0.3) is 0 Å². The summed E-state index contributed by atoms with van der Waals surface area (Å²) in [5, 5.41) is 13.1. The van der Waals surface area contributed by atoms with Gasteiger partial charge >= 0.3 is 0 Å². The number of hydrogen-bond acceptors (Lipinski definition) is 6. The molecule has 1 N–H and O–H groups in total. The molecular formula is C24H30N4OS. The predicted molar refractivity (Wildman–Crippen MR) is 122 cm³/mol. The third-order valence-corrected chi connectivity index (χ3v) is 7.85. The van der Waals surface area contributed by atoms with Crippen molar-refractivity contribution >= 4 is 17.4 Å². The molecule has 5 nitrogen and oxygen atoms in total. The summed E-state index contributed by atoms with van der Waals surface area (Å²) in [5.41, 5.74) is 4.78. The molecule has 1 fully saturated rings. The minimum atomic E-state index is -0.131. The first-order chi connectivity index (χ1) is 14.5. The summed E-state index contributed by atoms with van der Waals surface area (Å²) in [6, 6.07) is 8.26. The van der Waals surface area contributed by atoms with Crippen LogP contribution < -0.4 is 10.1 Å². The van der Waals surface area contributed by atoms with E-state index in [0.717, 1.165) is 29.8 Å². The number of thioether (sulfide) groups is 1. The number of hydrogen-bond donors (Lipinski definition) is 1. The number of ether oxygens (including phenoxy) is 1. The topological polar surface area (TPSA) is 59.9 Å². The molecule has 2 aliphatic carbocycles. The van der Waals surface area contributed by atoms with Crippen LogP contribution >= 0.6 is 11.8 Å². The molecule has 1 aliphatic heterocycles. The van der Waals surface area contributed by atoms with E-state index in [1.807, 2.05) is 12.3 Å². The third-order valence-electron chi connectivity index (χ3n) is 7.31. The van der Waals surface area contributed by atoms with Gasteiger partial charge in [-0.2, -0.15) is 4.98 Å². The summed E-state index contributed by atoms with van der Waals surface area (Å²) in [6.45, 7) is 7.24. The highest BCUT2D eigenvalue weighted by atomic mass is 32.2. The van der Waals surface area contributed by atoms with Crippen LogP contribution in [0.5, 0.6) is 5.88 Å². The van der Waals surface area contributed by atoms with Gasteiger partial charge in [0, 0.05) is 17.2 Å². The van der Waals surface area contributed by atoms with Crippen LogP contribution in [0.3, 0.4) is 0 Å². The van der Waals surface area contributed by atoms with Crippen LogP contribution in [-0.2, 0) is 0 Å². The number of benzene rings is 1. The molecule has 1 saturated carbocycles. The highest BCUT2D eigenvalue weighted by Crippen LogP contribution is 2.52. The summed E-state index contributed by atoms with van der Waals surface area (Å²) < 4.78 is 6.58. The Hall–Kier alpha value is -2.08. The number of anilines is 1. The second-order valence-electron chi connectivity index (χ2n) is 9.62. The standard InChI is InChI=1S/C24H30N4OS/c1-14-12-15-8-7-11-24(2,3)18(15)13-17(14)21-25-19-10-6-5-9-16(19)20-22(29-21)26-23(30-4)28-27-20/h5-6,8-10,14,17-18,21,25H,7,11-13H2,1-4H3. The van der Waals surface area contributed by atoms with Gasteiger partial charge in [0.2, 0.25) is 11.0 Å². The number of para-hydroxylation sites is 1. The van der Waals surface area contributed by atoms with Crippen molar-refractivity contribution in [3.05, 3.63) is 35.9 Å². The number of fused-ring (bicyclic) bond motifs is 4. The molecule has 2 heterocycles. The second-order valence-corrected chi connectivity index (χ2v) is 10.4. The van der Waals surface area contributed by atoms with Gasteiger partial charge in [-0.05, 0) is 55.3 Å². The maximum absolute atomic E-state index is 6.58. The average Bonchev–Trinajstić information content (AvgIpc) is 2.89. The second kappa shape index (κ2) is 7.56. The van der Waals surface area contributed by atoms with Crippen molar-refractivity contribution in [1.29, 1.82) is 0 Å². The predicted octanol–water partition coefficient (Wildman–Crippen LogP) is 5.80. The summed E-state index contributed by atoms with van der Waals surface area (Å²) in [6.07, 6.45) is 9.13. The van der Waals surface area contributed by atoms with Crippen LogP contribution in [0.1, 0.15) is 46.5 Å². The molecule has 6 heteroatoms. The molecule has 5 rings (SSSR count). The fourth-order valence-corrected chi connectivity index (χ4v) is 5.84. The van der Waals surface area contributed by atoms with E-state index in [1.54, 1.807) is 5.57 Å². The third kappa shape index (κ3) is 3.39. The molecule has 30 heavy (non-hydrogen) atoms. The number of nitrogens with one attached hydrogen (secondary N) is 1. The first-order valence-electron chi connectivity index (χ1n) is 11.0. The fourth-order valence-electron chi connectivity index (χ4n) is 5.54. The fraction of sp³-hybridized carbons (Fsp3) is 0.542. The molecule has 0 bridgehead atoms. The monoisotopic (exact) mass is 422 g/mol. The van der Waals surface area contributed by atoms with Gasteiger partial charge < -0.3 is 10.1 Å². The molecule has 3 aliphatic rings. The van der Waals surface area contributed by atoms with Gasteiger partial charge in [-0.1, -0.05) is 62.4 Å². The molecule has 4 unspecified atom stereocenters. The van der Waals surface area contributed by atoms with Gasteiger partial charge in [-0.3, -0.25) is 0 Å². The van der Waals surface area contributed by atoms with E-state index < -0.39 is 0 Å². The normalized spacial score (nSPS) is 29.3. The van der Waals surface area contributed by atoms with Crippen molar-refractivity contribution in [2.24, 2.45) is 23.2 Å². The molecule has 0 radical (unpaired) electrons. The first-order valence-corrected chi connectivity index (χ1v) is 12.2. The highest BCUT2D eigenvalue weighted by molar-refractivity contribution is 7.98. The molecule has 0 saturated heterocycles. The zero-order chi connectivity index (χ0) is 20.9. The smallest absolute Gasteiger partial charge is 0.247 e. The zero-order valence-electron chi connectivity index (χ0n) is 18.2. The van der Waals surface area contributed by atoms with Crippen molar-refractivity contribution in [2.75, 3.05) is 11.6 Å². The largest absolute Gasteiger partial charge is 0.452 e. The minimum Gasteiger partial charge on any atom is -0.452 e. The van der Waals surface area contributed by atoms with Gasteiger partial charge in [-0.25, -0.2) is 0 Å². The number of aromatic nitrogens is 3. The lowest BCUT2D eigenvalue weighted by molar-refractivity contribution is 0.0519. The Kier molecular flexibility index (Phi) is 5.00. The van der Waals surface area contributed by atoms with E-state index in [9.17, 15) is 0 Å². The summed E-state index contributed by atoms with van der Waals surface area (Å²) in [4.78, 5) is 4.69. The van der Waals surface area contributed by atoms with E-state index in [1.165, 1.54) is 24.6 Å². The van der Waals surface area contributed by atoms with Crippen LogP contribution in [0.15, 0.2) is 41.1 Å². The van der Waals surface area contributed by atoms with E-state index in [4.69, 9.17) is 4.74 Å². The molecular weight excluding hydrogens is 392 g/mol. The van der Waals surface area contributed by atoms with Crippen LogP contribution in [0.2, 0.25) is 0 Å². The number of nitrogens with zero attached hydrogens (tertiary/aromatic N) is 3. The summed E-state index contributed by atoms with van der Waals surface area (Å²) in [5.74, 6) is 2.16. The summed E-state index contributed by atoms with van der Waals surface area (Å²) in [7, 11) is 0. The van der Waals surface area contributed by atoms with E-state index >= 15 is 0 Å². The van der Waals surface area contributed by atoms with E-state index in [2.05, 4.69) is 65.5 Å². The maximum atomic E-state index is 6.58. The van der Waals surface area contributed by atoms with Crippen molar-refractivity contribution < 1.29 is 4.74 Å². The zero-order valence-corrected chi connectivity index (χ0v) is 19.0. The molecule has 0 amide bonds. The van der Waals surface area contributed by atoms with Crippen LogP contribution in [-0.4, -0.2) is 27.7 Å². The number of allylic oxidation sites excluding steroid dienone is 2. The lowest BCUT2D eigenvalue weighted by Gasteiger charge is -2.48. The molecule has 4 atom stereocenters. The van der Waals surface area contributed by atoms with Crippen molar-refractivity contribution in [1.82, 2.24) is 15.2 Å². The first kappa shape index (κ1) is 19.9. The molecule has 1 aromatic carbocycles. The lowest BCUT2D eigenvalue weighted by Crippen LogP contribution is -2.45. The van der Waals surface area contributed by atoms with Crippen LogP contribution in [0.4, 0.5) is 5.69 Å². The van der Waals surface area contributed by atoms with Crippen molar-refractivity contribution in [3.63, 3.8) is 0 Å². The maximum Gasteiger partial charge on any atom is 0.247 e. The molecule has 2 aromatic rings. The van der Waals surface area contributed by atoms with E-state index in [0.29, 0.717) is 34.2 Å². The van der Waals surface area contributed by atoms with Gasteiger partial charge in [0.15, 0.2) is 11.9 Å². The highest BCUT2D eigenvalue weighted by Gasteiger charge is 2.44. The molecule has 158 valence electrons. The Morgan fingerprint density at radius 2 is 2.03 bits per heavy atom. The van der Waals surface area contributed by atoms with Gasteiger partial charge in [0.05, 0.1) is 0 Å².